The quantitative estimate of drug-likeness (QED) is 0.821. The Morgan fingerprint density at radius 3 is 2.79 bits per heavy atom. The lowest BCUT2D eigenvalue weighted by atomic mass is 10.1. The van der Waals surface area contributed by atoms with Gasteiger partial charge in [-0.15, -0.1) is 0 Å². The number of benzene rings is 1. The monoisotopic (exact) mass is 327 g/mol. The average Bonchev–Trinajstić information content (AvgIpc) is 2.63. The Morgan fingerprint density at radius 2 is 2.11 bits per heavy atom. The van der Waals surface area contributed by atoms with Gasteiger partial charge in [-0.25, -0.2) is 0 Å². The molecular weight excluding hydrogens is 310 g/mol. The summed E-state index contributed by atoms with van der Waals surface area (Å²) < 4.78 is 0. The van der Waals surface area contributed by atoms with Crippen molar-refractivity contribution in [1.29, 1.82) is 0 Å². The SMILES string of the molecule is O=C(c1ccc(O)cc1O)N1CCCCCC1CBr. The summed E-state index contributed by atoms with van der Waals surface area (Å²) in [5.74, 6) is -0.367. The molecule has 0 bridgehead atoms. The predicted molar refractivity (Wildman–Crippen MR) is 76.9 cm³/mol. The van der Waals surface area contributed by atoms with Crippen molar-refractivity contribution in [2.75, 3.05) is 11.9 Å². The molecule has 1 atom stereocenters. The van der Waals surface area contributed by atoms with E-state index in [1.807, 2.05) is 4.90 Å². The van der Waals surface area contributed by atoms with Crippen LogP contribution in [0.25, 0.3) is 0 Å². The van der Waals surface area contributed by atoms with Gasteiger partial charge in [0.2, 0.25) is 0 Å². The molecule has 0 saturated carbocycles. The van der Waals surface area contributed by atoms with Gasteiger partial charge in [-0.1, -0.05) is 28.8 Å². The van der Waals surface area contributed by atoms with E-state index >= 15 is 0 Å². The highest BCUT2D eigenvalue weighted by Gasteiger charge is 2.27. The van der Waals surface area contributed by atoms with Crippen LogP contribution in [0.1, 0.15) is 36.0 Å². The third-order valence-electron chi connectivity index (χ3n) is 3.53. The van der Waals surface area contributed by atoms with Crippen LogP contribution in [-0.4, -0.2) is 38.9 Å². The van der Waals surface area contributed by atoms with Crippen LogP contribution in [0.2, 0.25) is 0 Å². The van der Waals surface area contributed by atoms with Crippen LogP contribution < -0.4 is 0 Å². The number of amides is 1. The Morgan fingerprint density at radius 1 is 1.32 bits per heavy atom. The lowest BCUT2D eigenvalue weighted by Gasteiger charge is -2.29. The van der Waals surface area contributed by atoms with Crippen LogP contribution in [0.4, 0.5) is 0 Å². The van der Waals surface area contributed by atoms with Crippen LogP contribution in [0, 0.1) is 0 Å². The Bertz CT molecular complexity index is 464. The van der Waals surface area contributed by atoms with E-state index < -0.39 is 0 Å². The molecule has 2 rings (SSSR count). The molecule has 1 aromatic rings. The Labute approximate surface area is 121 Å². The molecular formula is C14H18BrNO3. The first-order valence-corrected chi connectivity index (χ1v) is 7.64. The molecule has 1 aromatic carbocycles. The van der Waals surface area contributed by atoms with E-state index in [0.29, 0.717) is 0 Å². The van der Waals surface area contributed by atoms with Gasteiger partial charge in [0.05, 0.1) is 5.56 Å². The number of nitrogens with zero attached hydrogens (tertiary/aromatic N) is 1. The maximum atomic E-state index is 12.5. The van der Waals surface area contributed by atoms with E-state index in [9.17, 15) is 15.0 Å². The van der Waals surface area contributed by atoms with Gasteiger partial charge in [0.25, 0.3) is 5.91 Å². The lowest BCUT2D eigenvalue weighted by Crippen LogP contribution is -2.41. The van der Waals surface area contributed by atoms with Gasteiger partial charge in [-0.05, 0) is 25.0 Å². The molecule has 1 aliphatic rings. The maximum Gasteiger partial charge on any atom is 0.257 e. The second kappa shape index (κ2) is 6.28. The predicted octanol–water partition coefficient (Wildman–Crippen LogP) is 2.88. The number of phenols is 2. The van der Waals surface area contributed by atoms with Crippen LogP contribution in [0.5, 0.6) is 11.5 Å². The molecule has 5 heteroatoms. The first-order valence-electron chi connectivity index (χ1n) is 6.52. The minimum absolute atomic E-state index is 0.0399. The summed E-state index contributed by atoms with van der Waals surface area (Å²) in [6.07, 6.45) is 4.24. The highest BCUT2D eigenvalue weighted by molar-refractivity contribution is 9.09. The topological polar surface area (TPSA) is 60.8 Å². The van der Waals surface area contributed by atoms with Crippen molar-refractivity contribution in [2.45, 2.75) is 31.7 Å². The number of rotatable bonds is 2. The molecule has 0 aliphatic carbocycles. The van der Waals surface area contributed by atoms with Gasteiger partial charge in [0.15, 0.2) is 0 Å². The van der Waals surface area contributed by atoms with Crippen molar-refractivity contribution < 1.29 is 15.0 Å². The third-order valence-corrected chi connectivity index (χ3v) is 4.28. The first-order chi connectivity index (χ1) is 9.13. The van der Waals surface area contributed by atoms with Crippen LogP contribution >= 0.6 is 15.9 Å². The minimum Gasteiger partial charge on any atom is -0.508 e. The van der Waals surface area contributed by atoms with E-state index in [-0.39, 0.29) is 29.0 Å². The van der Waals surface area contributed by atoms with Crippen LogP contribution in [0.15, 0.2) is 18.2 Å². The summed E-state index contributed by atoms with van der Waals surface area (Å²) in [7, 11) is 0. The molecule has 1 unspecified atom stereocenters. The van der Waals surface area contributed by atoms with E-state index in [4.69, 9.17) is 0 Å². The summed E-state index contributed by atoms with van der Waals surface area (Å²) >= 11 is 3.46. The Balaban J connectivity index is 2.25. The fourth-order valence-corrected chi connectivity index (χ4v) is 3.13. The van der Waals surface area contributed by atoms with Gasteiger partial charge < -0.3 is 15.1 Å². The van der Waals surface area contributed by atoms with E-state index in [2.05, 4.69) is 15.9 Å². The number of phenolic OH excluding ortho intramolecular Hbond substituents is 2. The van der Waals surface area contributed by atoms with Crippen LogP contribution in [0.3, 0.4) is 0 Å². The van der Waals surface area contributed by atoms with Crippen molar-refractivity contribution in [3.63, 3.8) is 0 Å². The summed E-state index contributed by atoms with van der Waals surface area (Å²) in [6, 6.07) is 4.27. The molecule has 1 fully saturated rings. The molecule has 0 spiro atoms. The molecule has 1 amide bonds. The Kier molecular flexibility index (Phi) is 4.69. The second-order valence-corrected chi connectivity index (χ2v) is 5.50. The first kappa shape index (κ1) is 14.2. The van der Waals surface area contributed by atoms with Crippen molar-refractivity contribution >= 4 is 21.8 Å². The summed E-state index contributed by atoms with van der Waals surface area (Å²) in [6.45, 7) is 0.718. The number of likely N-dealkylation sites (tertiary alicyclic amines) is 1. The zero-order chi connectivity index (χ0) is 13.8. The molecule has 104 valence electrons. The second-order valence-electron chi connectivity index (χ2n) is 4.86. The number of carbonyl (C=O) groups is 1. The molecule has 0 radical (unpaired) electrons. The number of aromatic hydroxyl groups is 2. The molecule has 19 heavy (non-hydrogen) atoms. The maximum absolute atomic E-state index is 12.5. The van der Waals surface area contributed by atoms with Gasteiger partial charge >= 0.3 is 0 Å². The summed E-state index contributed by atoms with van der Waals surface area (Å²) in [5, 5.41) is 19.8. The molecule has 4 nitrogen and oxygen atoms in total. The molecule has 2 N–H and O–H groups in total. The highest BCUT2D eigenvalue weighted by atomic mass is 79.9. The standard InChI is InChI=1S/C14H18BrNO3/c15-9-10-4-2-1-3-7-16(10)14(19)12-6-5-11(17)8-13(12)18/h5-6,8,10,17-18H,1-4,7,9H2. The van der Waals surface area contributed by atoms with E-state index in [1.165, 1.54) is 18.2 Å². The lowest BCUT2D eigenvalue weighted by molar-refractivity contribution is 0.0699. The zero-order valence-corrected chi connectivity index (χ0v) is 12.3. The summed E-state index contributed by atoms with van der Waals surface area (Å²) in [4.78, 5) is 14.3. The summed E-state index contributed by atoms with van der Waals surface area (Å²) in [5.41, 5.74) is 0.255. The highest BCUT2D eigenvalue weighted by Crippen LogP contribution is 2.27. The number of alkyl halides is 1. The van der Waals surface area contributed by atoms with Crippen molar-refractivity contribution in [3.8, 4) is 11.5 Å². The molecule has 1 saturated heterocycles. The minimum atomic E-state index is -0.164. The number of halogens is 1. The van der Waals surface area contributed by atoms with E-state index in [0.717, 1.165) is 37.6 Å². The largest absolute Gasteiger partial charge is 0.508 e. The fourth-order valence-electron chi connectivity index (χ4n) is 2.46. The fraction of sp³-hybridized carbons (Fsp3) is 0.500. The van der Waals surface area contributed by atoms with Crippen molar-refractivity contribution in [1.82, 2.24) is 4.90 Å². The normalized spacial score (nSPS) is 20.1. The van der Waals surface area contributed by atoms with E-state index in [1.54, 1.807) is 0 Å². The average molecular weight is 328 g/mol. The number of hydrogen-bond acceptors (Lipinski definition) is 3. The number of carbonyl (C=O) groups excluding carboxylic acids is 1. The Hall–Kier alpha value is -1.23. The van der Waals surface area contributed by atoms with Crippen molar-refractivity contribution in [3.05, 3.63) is 23.8 Å². The molecule has 1 heterocycles. The smallest absolute Gasteiger partial charge is 0.257 e. The third kappa shape index (κ3) is 3.21. The van der Waals surface area contributed by atoms with Gasteiger partial charge in [0, 0.05) is 24.0 Å². The number of hydrogen-bond donors (Lipinski definition) is 2. The van der Waals surface area contributed by atoms with Gasteiger partial charge in [0.1, 0.15) is 11.5 Å². The zero-order valence-electron chi connectivity index (χ0n) is 10.7. The van der Waals surface area contributed by atoms with Gasteiger partial charge in [-0.2, -0.15) is 0 Å². The van der Waals surface area contributed by atoms with Gasteiger partial charge in [-0.3, -0.25) is 4.79 Å². The van der Waals surface area contributed by atoms with Crippen LogP contribution in [-0.2, 0) is 0 Å². The van der Waals surface area contributed by atoms with Crippen molar-refractivity contribution in [2.24, 2.45) is 0 Å². The molecule has 0 aromatic heterocycles. The molecule has 1 aliphatic heterocycles.